The molecule has 1 aromatic rings. The Morgan fingerprint density at radius 2 is 1.65 bits per heavy atom. The number of hydrogen-bond acceptors (Lipinski definition) is 7. The molecular formula is C30H54ClN3O6. The van der Waals surface area contributed by atoms with Gasteiger partial charge in [0.25, 0.3) is 0 Å². The number of aliphatic hydroxyl groups excluding tert-OH is 1. The van der Waals surface area contributed by atoms with Crippen LogP contribution >= 0.6 is 12.4 Å². The number of carbonyl (C=O) groups is 2. The van der Waals surface area contributed by atoms with Gasteiger partial charge in [-0.2, -0.15) is 0 Å². The van der Waals surface area contributed by atoms with Crippen molar-refractivity contribution in [2.24, 2.45) is 35.3 Å². The van der Waals surface area contributed by atoms with Gasteiger partial charge >= 0.3 is 0 Å². The predicted molar refractivity (Wildman–Crippen MR) is 162 cm³/mol. The highest BCUT2D eigenvalue weighted by atomic mass is 35.5. The lowest BCUT2D eigenvalue weighted by atomic mass is 9.80. The number of methoxy groups -OCH3 is 2. The van der Waals surface area contributed by atoms with Crippen molar-refractivity contribution in [3.8, 4) is 11.5 Å². The fourth-order valence-electron chi connectivity index (χ4n) is 4.59. The molecule has 0 heterocycles. The second kappa shape index (κ2) is 19.9. The molecule has 0 unspecified atom stereocenters. The maximum absolute atomic E-state index is 12.9. The fourth-order valence-corrected chi connectivity index (χ4v) is 4.59. The Morgan fingerprint density at radius 1 is 0.975 bits per heavy atom. The number of rotatable bonds is 19. The van der Waals surface area contributed by atoms with Crippen LogP contribution in [0, 0.1) is 29.6 Å². The zero-order valence-electron chi connectivity index (χ0n) is 25.7. The minimum Gasteiger partial charge on any atom is -0.493 e. The number of hydrogen-bond donors (Lipinski definition) is 4. The molecule has 0 fully saturated rings. The minimum atomic E-state index is -0.823. The number of ether oxygens (including phenoxy) is 3. The van der Waals surface area contributed by atoms with E-state index in [0.29, 0.717) is 37.1 Å². The predicted octanol–water partition coefficient (Wildman–Crippen LogP) is 3.59. The van der Waals surface area contributed by atoms with E-state index in [-0.39, 0.29) is 54.9 Å². The summed E-state index contributed by atoms with van der Waals surface area (Å²) in [5.41, 5.74) is 7.63. The van der Waals surface area contributed by atoms with Crippen molar-refractivity contribution in [1.29, 1.82) is 0 Å². The van der Waals surface area contributed by atoms with E-state index in [9.17, 15) is 14.7 Å². The lowest BCUT2D eigenvalue weighted by molar-refractivity contribution is -0.128. The Kier molecular flexibility index (Phi) is 18.9. The third kappa shape index (κ3) is 13.1. The zero-order valence-corrected chi connectivity index (χ0v) is 26.5. The highest BCUT2D eigenvalue weighted by Crippen LogP contribution is 2.31. The van der Waals surface area contributed by atoms with Gasteiger partial charge in [0.1, 0.15) is 0 Å². The van der Waals surface area contributed by atoms with Crippen LogP contribution in [0.2, 0.25) is 0 Å². The van der Waals surface area contributed by atoms with Crippen LogP contribution in [0.3, 0.4) is 0 Å². The zero-order chi connectivity index (χ0) is 29.5. The molecule has 5 N–H and O–H groups in total. The summed E-state index contributed by atoms with van der Waals surface area (Å²) >= 11 is 0. The molecule has 0 radical (unpaired) electrons. The molecule has 9 nitrogen and oxygen atoms in total. The van der Waals surface area contributed by atoms with Crippen LogP contribution in [0.1, 0.15) is 59.4 Å². The van der Waals surface area contributed by atoms with Gasteiger partial charge in [0, 0.05) is 45.7 Å². The fraction of sp³-hybridized carbons (Fsp3) is 0.733. The largest absolute Gasteiger partial charge is 0.493 e. The van der Waals surface area contributed by atoms with Crippen molar-refractivity contribution in [2.45, 2.75) is 72.4 Å². The molecule has 0 spiro atoms. The Hall–Kier alpha value is -2.07. The SMILES string of the molecule is CNC(=O)[C@@H](C)CNC(=O)[C@@H](C[C@H](O)[C@@H](N)C[C@H](Cc1ccc(OC)c(OCCCOC)c1)C(C)C)C(C)C.Cl. The number of nitrogens with one attached hydrogen (secondary N) is 2. The highest BCUT2D eigenvalue weighted by Gasteiger charge is 2.30. The summed E-state index contributed by atoms with van der Waals surface area (Å²) in [6.07, 6.45) is 1.63. The molecule has 40 heavy (non-hydrogen) atoms. The Bertz CT molecular complexity index is 870. The molecule has 232 valence electrons. The molecule has 1 aromatic carbocycles. The first-order valence-electron chi connectivity index (χ1n) is 14.2. The van der Waals surface area contributed by atoms with Gasteiger partial charge in [0.05, 0.1) is 25.7 Å². The third-order valence-corrected chi connectivity index (χ3v) is 7.40. The molecule has 10 heteroatoms. The maximum Gasteiger partial charge on any atom is 0.224 e. The van der Waals surface area contributed by atoms with E-state index in [1.165, 1.54) is 0 Å². The van der Waals surface area contributed by atoms with E-state index in [2.05, 4.69) is 24.5 Å². The van der Waals surface area contributed by atoms with Gasteiger partial charge in [-0.15, -0.1) is 12.4 Å². The summed E-state index contributed by atoms with van der Waals surface area (Å²) in [6.45, 7) is 11.4. The molecule has 5 atom stereocenters. The first-order chi connectivity index (χ1) is 18.4. The van der Waals surface area contributed by atoms with Crippen molar-refractivity contribution >= 4 is 24.2 Å². The van der Waals surface area contributed by atoms with Crippen molar-refractivity contribution < 1.29 is 28.9 Å². The van der Waals surface area contributed by atoms with E-state index in [1.807, 2.05) is 32.0 Å². The van der Waals surface area contributed by atoms with Crippen LogP contribution in [0.5, 0.6) is 11.5 Å². The second-order valence-electron chi connectivity index (χ2n) is 11.2. The summed E-state index contributed by atoms with van der Waals surface area (Å²) in [7, 11) is 4.87. The smallest absolute Gasteiger partial charge is 0.224 e. The quantitative estimate of drug-likeness (QED) is 0.182. The summed E-state index contributed by atoms with van der Waals surface area (Å²) in [5, 5.41) is 16.5. The Morgan fingerprint density at radius 3 is 2.20 bits per heavy atom. The summed E-state index contributed by atoms with van der Waals surface area (Å²) in [4.78, 5) is 24.7. The average molecular weight is 588 g/mol. The molecule has 0 bridgehead atoms. The van der Waals surface area contributed by atoms with Crippen molar-refractivity contribution in [2.75, 3.05) is 41.0 Å². The van der Waals surface area contributed by atoms with E-state index in [0.717, 1.165) is 18.4 Å². The minimum absolute atomic E-state index is 0. The van der Waals surface area contributed by atoms with Crippen LogP contribution in [-0.4, -0.2) is 70.1 Å². The Balaban J connectivity index is 0.0000152. The summed E-state index contributed by atoms with van der Waals surface area (Å²) in [6, 6.07) is 5.50. The van der Waals surface area contributed by atoms with Gasteiger partial charge in [0.15, 0.2) is 11.5 Å². The van der Waals surface area contributed by atoms with Crippen molar-refractivity contribution in [3.05, 3.63) is 23.8 Å². The standard InChI is InChI=1S/C30H53N3O6.ClH/c1-19(2)23(14-22-10-11-27(38-8)28(15-22)39-13-9-12-37-7)16-25(31)26(34)17-24(20(3)4)30(36)33-18-21(5)29(35)32-6;/h10-11,15,19-21,23-26,34H,9,12-14,16-18,31H2,1-8H3,(H,32,35)(H,33,36);1H/t21-,23-,24-,25-,26-;/m0./s1. The first-order valence-corrected chi connectivity index (χ1v) is 14.2. The van der Waals surface area contributed by atoms with Gasteiger partial charge in [-0.05, 0) is 54.7 Å². The van der Waals surface area contributed by atoms with E-state index < -0.39 is 18.1 Å². The van der Waals surface area contributed by atoms with Crippen LogP contribution in [-0.2, 0) is 20.7 Å². The highest BCUT2D eigenvalue weighted by molar-refractivity contribution is 5.85. The molecule has 0 saturated heterocycles. The van der Waals surface area contributed by atoms with Gasteiger partial charge in [-0.1, -0.05) is 40.7 Å². The number of halogens is 1. The molecular weight excluding hydrogens is 534 g/mol. The van der Waals surface area contributed by atoms with Crippen LogP contribution in [0.15, 0.2) is 18.2 Å². The normalized spacial score (nSPS) is 15.0. The Labute approximate surface area is 247 Å². The number of benzene rings is 1. The molecule has 2 amide bonds. The van der Waals surface area contributed by atoms with Crippen LogP contribution < -0.4 is 25.8 Å². The molecule has 0 aliphatic rings. The van der Waals surface area contributed by atoms with Gasteiger partial charge in [0.2, 0.25) is 11.8 Å². The molecule has 0 aliphatic carbocycles. The van der Waals surface area contributed by atoms with Crippen LogP contribution in [0.25, 0.3) is 0 Å². The molecule has 0 aromatic heterocycles. The second-order valence-corrected chi connectivity index (χ2v) is 11.2. The molecule has 1 rings (SSSR count). The van der Waals surface area contributed by atoms with Gasteiger partial charge < -0.3 is 35.7 Å². The number of carbonyl (C=O) groups excluding carboxylic acids is 2. The number of aliphatic hydroxyl groups is 1. The number of amides is 2. The van der Waals surface area contributed by atoms with E-state index in [4.69, 9.17) is 19.9 Å². The monoisotopic (exact) mass is 587 g/mol. The van der Waals surface area contributed by atoms with Crippen molar-refractivity contribution in [3.63, 3.8) is 0 Å². The third-order valence-electron chi connectivity index (χ3n) is 7.40. The molecule has 0 saturated carbocycles. The lowest BCUT2D eigenvalue weighted by Crippen LogP contribution is -2.44. The summed E-state index contributed by atoms with van der Waals surface area (Å²) in [5.74, 6) is 0.950. The molecule has 0 aliphatic heterocycles. The summed E-state index contributed by atoms with van der Waals surface area (Å²) < 4.78 is 16.5. The van der Waals surface area contributed by atoms with Gasteiger partial charge in [-0.3, -0.25) is 9.59 Å². The van der Waals surface area contributed by atoms with E-state index in [1.54, 1.807) is 28.2 Å². The van der Waals surface area contributed by atoms with Crippen LogP contribution in [0.4, 0.5) is 0 Å². The van der Waals surface area contributed by atoms with Crippen molar-refractivity contribution in [1.82, 2.24) is 10.6 Å². The topological polar surface area (TPSA) is 132 Å². The van der Waals surface area contributed by atoms with Gasteiger partial charge in [-0.25, -0.2) is 0 Å². The first kappa shape index (κ1) is 37.9. The number of nitrogens with two attached hydrogens (primary N) is 1. The van der Waals surface area contributed by atoms with E-state index >= 15 is 0 Å². The lowest BCUT2D eigenvalue weighted by Gasteiger charge is -2.30. The maximum atomic E-state index is 12.9. The average Bonchev–Trinajstić information content (AvgIpc) is 2.91.